The number of fused-ring (bicyclic) bond motifs is 1. The lowest BCUT2D eigenvalue weighted by Gasteiger charge is -2.19. The van der Waals surface area contributed by atoms with Gasteiger partial charge in [-0.05, 0) is 48.1 Å². The summed E-state index contributed by atoms with van der Waals surface area (Å²) in [6.07, 6.45) is 0. The maximum atomic E-state index is 13.0. The Balaban J connectivity index is 1.56. The first-order valence-corrected chi connectivity index (χ1v) is 12.7. The van der Waals surface area contributed by atoms with Gasteiger partial charge in [-0.1, -0.05) is 62.9 Å². The molecule has 2 heterocycles. The van der Waals surface area contributed by atoms with E-state index in [9.17, 15) is 14.7 Å². The number of amides is 1. The van der Waals surface area contributed by atoms with Gasteiger partial charge in [-0.2, -0.15) is 0 Å². The Labute approximate surface area is 206 Å². The third-order valence-electron chi connectivity index (χ3n) is 5.52. The molecule has 0 aliphatic carbocycles. The molecule has 176 valence electrons. The molecular weight excluding hydrogens is 466 g/mol. The molecule has 0 bridgehead atoms. The van der Waals surface area contributed by atoms with Crippen LogP contribution in [0.25, 0.3) is 21.3 Å². The van der Waals surface area contributed by atoms with Gasteiger partial charge in [0, 0.05) is 10.4 Å². The number of nitrogens with zero attached hydrogens (tertiary/aromatic N) is 1. The molecule has 0 aliphatic rings. The van der Waals surface area contributed by atoms with Crippen LogP contribution < -0.4 is 10.9 Å². The molecule has 2 aromatic heterocycles. The van der Waals surface area contributed by atoms with E-state index in [1.54, 1.807) is 18.2 Å². The molecule has 0 unspecified atom stereocenters. The van der Waals surface area contributed by atoms with Gasteiger partial charge in [-0.15, -0.1) is 11.3 Å². The predicted molar refractivity (Wildman–Crippen MR) is 141 cm³/mol. The lowest BCUT2D eigenvalue weighted by atomic mass is 9.86. The van der Waals surface area contributed by atoms with Crippen LogP contribution >= 0.6 is 23.1 Å². The summed E-state index contributed by atoms with van der Waals surface area (Å²) < 4.78 is 0. The van der Waals surface area contributed by atoms with Crippen molar-refractivity contribution in [2.24, 2.45) is 0 Å². The van der Waals surface area contributed by atoms with E-state index < -0.39 is 0 Å². The largest absolute Gasteiger partial charge is 0.506 e. The normalized spacial score (nSPS) is 11.7. The monoisotopic (exact) mass is 493 g/mol. The van der Waals surface area contributed by atoms with Gasteiger partial charge in [0.2, 0.25) is 5.91 Å². The Morgan fingerprint density at radius 1 is 1.15 bits per heavy atom. The zero-order chi connectivity index (χ0) is 24.6. The van der Waals surface area contributed by atoms with E-state index in [1.807, 2.05) is 13.8 Å². The summed E-state index contributed by atoms with van der Waals surface area (Å²) in [6.45, 7) is 10.4. The van der Waals surface area contributed by atoms with Gasteiger partial charge >= 0.3 is 0 Å². The van der Waals surface area contributed by atoms with Crippen LogP contribution in [0.15, 0.2) is 52.4 Å². The number of thioether (sulfide) groups is 1. The highest BCUT2D eigenvalue weighted by Crippen LogP contribution is 2.37. The first kappa shape index (κ1) is 24.0. The molecule has 0 radical (unpaired) electrons. The van der Waals surface area contributed by atoms with Crippen LogP contribution in [0.4, 0.5) is 5.69 Å². The standard InChI is InChI=1S/C26H27N3O3S2/c1-14-6-11-19(30)18(12-14)27-20(31)13-33-25-28-23(32)22-21(15(2)34-24(22)29-25)16-7-9-17(10-8-16)26(3,4)5/h6-12,30H,13H2,1-5H3,(H,27,31)(H,28,29,32). The van der Waals surface area contributed by atoms with E-state index in [-0.39, 0.29) is 28.4 Å². The number of hydrogen-bond donors (Lipinski definition) is 3. The smallest absolute Gasteiger partial charge is 0.260 e. The third kappa shape index (κ3) is 5.03. The van der Waals surface area contributed by atoms with Crippen molar-refractivity contribution in [2.45, 2.75) is 45.2 Å². The predicted octanol–water partition coefficient (Wildman–Crippen LogP) is 6.00. The number of H-pyrrole nitrogens is 1. The van der Waals surface area contributed by atoms with Gasteiger partial charge in [0.25, 0.3) is 5.56 Å². The number of aromatic hydroxyl groups is 1. The second-order valence-corrected chi connectivity index (χ2v) is 11.4. The molecule has 3 N–H and O–H groups in total. The minimum atomic E-state index is -0.296. The number of benzene rings is 2. The summed E-state index contributed by atoms with van der Waals surface area (Å²) >= 11 is 2.62. The average molecular weight is 494 g/mol. The number of phenolic OH excluding ortho intramolecular Hbond substituents is 1. The van der Waals surface area contributed by atoms with Gasteiger partial charge in [0.1, 0.15) is 10.6 Å². The number of phenols is 1. The van der Waals surface area contributed by atoms with E-state index in [0.717, 1.165) is 33.3 Å². The zero-order valence-electron chi connectivity index (χ0n) is 19.8. The molecule has 34 heavy (non-hydrogen) atoms. The SMILES string of the molecule is Cc1ccc(O)c(NC(=O)CSc2nc3sc(C)c(-c4ccc(C(C)(C)C)cc4)c3c(=O)[nH]2)c1. The maximum Gasteiger partial charge on any atom is 0.260 e. The number of carbonyl (C=O) groups is 1. The number of aryl methyl sites for hydroxylation is 2. The van der Waals surface area contributed by atoms with Gasteiger partial charge in [0.15, 0.2) is 5.16 Å². The Kier molecular flexibility index (Phi) is 6.55. The molecule has 0 fully saturated rings. The minimum Gasteiger partial charge on any atom is -0.506 e. The van der Waals surface area contributed by atoms with Crippen LogP contribution in [0.2, 0.25) is 0 Å². The Morgan fingerprint density at radius 3 is 2.53 bits per heavy atom. The topological polar surface area (TPSA) is 95.1 Å². The van der Waals surface area contributed by atoms with E-state index in [4.69, 9.17) is 0 Å². The molecule has 0 spiro atoms. The molecule has 0 atom stereocenters. The summed E-state index contributed by atoms with van der Waals surface area (Å²) in [5.41, 5.74) is 4.24. The van der Waals surface area contributed by atoms with E-state index in [1.165, 1.54) is 16.9 Å². The fourth-order valence-electron chi connectivity index (χ4n) is 3.72. The van der Waals surface area contributed by atoms with E-state index in [2.05, 4.69) is 60.3 Å². The van der Waals surface area contributed by atoms with Crippen LogP contribution in [-0.2, 0) is 10.2 Å². The second-order valence-electron chi connectivity index (χ2n) is 9.27. The highest BCUT2D eigenvalue weighted by Gasteiger charge is 2.19. The van der Waals surface area contributed by atoms with E-state index in [0.29, 0.717) is 21.1 Å². The number of aromatic nitrogens is 2. The zero-order valence-corrected chi connectivity index (χ0v) is 21.4. The first-order valence-electron chi connectivity index (χ1n) is 10.9. The quantitative estimate of drug-likeness (QED) is 0.180. The Morgan fingerprint density at radius 2 is 1.85 bits per heavy atom. The molecule has 8 heteroatoms. The van der Waals surface area contributed by atoms with Crippen molar-refractivity contribution >= 4 is 44.9 Å². The molecule has 0 saturated heterocycles. The number of aromatic amines is 1. The maximum absolute atomic E-state index is 13.0. The highest BCUT2D eigenvalue weighted by atomic mass is 32.2. The highest BCUT2D eigenvalue weighted by molar-refractivity contribution is 7.99. The van der Waals surface area contributed by atoms with Crippen LogP contribution in [0.5, 0.6) is 5.75 Å². The lowest BCUT2D eigenvalue weighted by Crippen LogP contribution is -2.15. The number of rotatable bonds is 5. The van der Waals surface area contributed by atoms with Gasteiger partial charge in [-0.3, -0.25) is 9.59 Å². The van der Waals surface area contributed by atoms with Crippen LogP contribution in [0.1, 0.15) is 36.8 Å². The summed E-state index contributed by atoms with van der Waals surface area (Å²) in [7, 11) is 0. The average Bonchev–Trinajstić information content (AvgIpc) is 3.10. The molecule has 0 aliphatic heterocycles. The second kappa shape index (κ2) is 9.27. The number of hydrogen-bond acceptors (Lipinski definition) is 6. The van der Waals surface area contributed by atoms with Crippen LogP contribution in [-0.4, -0.2) is 26.7 Å². The summed E-state index contributed by atoms with van der Waals surface area (Å²) in [6, 6.07) is 13.3. The minimum absolute atomic E-state index is 0.00836. The van der Waals surface area contributed by atoms with Crippen molar-refractivity contribution in [3.8, 4) is 16.9 Å². The summed E-state index contributed by atoms with van der Waals surface area (Å²) in [5.74, 6) is -0.238. The summed E-state index contributed by atoms with van der Waals surface area (Å²) in [4.78, 5) is 34.5. The number of carbonyl (C=O) groups excluding carboxylic acids is 1. The summed E-state index contributed by atoms with van der Waals surface area (Å²) in [5, 5.41) is 13.6. The molecular formula is C26H27N3O3S2. The van der Waals surface area contributed by atoms with Crippen LogP contribution in [0, 0.1) is 13.8 Å². The first-order chi connectivity index (χ1) is 16.0. The number of nitrogens with one attached hydrogen (secondary N) is 2. The fraction of sp³-hybridized carbons (Fsp3) is 0.269. The molecule has 2 aromatic carbocycles. The molecule has 0 saturated carbocycles. The van der Waals surface area contributed by atoms with E-state index >= 15 is 0 Å². The number of anilines is 1. The van der Waals surface area contributed by atoms with Crippen molar-refractivity contribution < 1.29 is 9.90 Å². The fourth-order valence-corrected chi connectivity index (χ4v) is 5.49. The van der Waals surface area contributed by atoms with Crippen LogP contribution in [0.3, 0.4) is 0 Å². The van der Waals surface area contributed by atoms with Crippen molar-refractivity contribution in [1.82, 2.24) is 9.97 Å². The van der Waals surface area contributed by atoms with Crippen molar-refractivity contribution in [3.05, 3.63) is 68.8 Å². The molecule has 1 amide bonds. The number of thiophene rings is 1. The lowest BCUT2D eigenvalue weighted by molar-refractivity contribution is -0.113. The van der Waals surface area contributed by atoms with Gasteiger partial charge < -0.3 is 15.4 Å². The molecule has 4 aromatic rings. The third-order valence-corrected chi connectivity index (χ3v) is 7.39. The molecule has 6 nitrogen and oxygen atoms in total. The van der Waals surface area contributed by atoms with Gasteiger partial charge in [0.05, 0.1) is 16.8 Å². The van der Waals surface area contributed by atoms with Crippen molar-refractivity contribution in [2.75, 3.05) is 11.1 Å². The van der Waals surface area contributed by atoms with Gasteiger partial charge in [-0.25, -0.2) is 4.98 Å². The van der Waals surface area contributed by atoms with Crippen molar-refractivity contribution in [3.63, 3.8) is 0 Å². The molecule has 4 rings (SSSR count). The van der Waals surface area contributed by atoms with Crippen molar-refractivity contribution in [1.29, 1.82) is 0 Å². The Hall–Kier alpha value is -3.10. The Bertz CT molecular complexity index is 1430.